The molecule has 2 aromatic rings. The van der Waals surface area contributed by atoms with Crippen molar-refractivity contribution in [2.75, 3.05) is 20.2 Å². The van der Waals surface area contributed by atoms with E-state index in [-0.39, 0.29) is 12.5 Å². The van der Waals surface area contributed by atoms with Gasteiger partial charge in [0.2, 0.25) is 11.9 Å². The molecular weight excluding hydrogens is 418 g/mol. The molecule has 0 radical (unpaired) electrons. The summed E-state index contributed by atoms with van der Waals surface area (Å²) in [6.07, 6.45) is 3.19. The smallest absolute Gasteiger partial charge is 0.407 e. The number of urea groups is 1. The van der Waals surface area contributed by atoms with E-state index in [1.165, 1.54) is 15.9 Å². The number of nitrogens with zero attached hydrogens (tertiary/aromatic N) is 5. The van der Waals surface area contributed by atoms with Crippen LogP contribution in [0.3, 0.4) is 0 Å². The van der Waals surface area contributed by atoms with Crippen molar-refractivity contribution in [2.24, 2.45) is 4.99 Å². The monoisotopic (exact) mass is 440 g/mol. The van der Waals surface area contributed by atoms with E-state index in [0.717, 1.165) is 11.4 Å². The number of fused-ring (bicyclic) bond motifs is 3. The van der Waals surface area contributed by atoms with E-state index < -0.39 is 12.1 Å². The molecule has 1 saturated heterocycles. The zero-order chi connectivity index (χ0) is 22.4. The number of imidazole rings is 1. The Morgan fingerprint density at radius 3 is 2.68 bits per heavy atom. The fourth-order valence-electron chi connectivity index (χ4n) is 3.96. The van der Waals surface area contributed by atoms with Gasteiger partial charge in [0, 0.05) is 24.7 Å². The number of rotatable bonds is 6. The van der Waals surface area contributed by atoms with Crippen molar-refractivity contribution in [1.29, 1.82) is 0 Å². The number of benzene rings is 1. The first-order valence-corrected chi connectivity index (χ1v) is 10.1. The number of amides is 3. The lowest BCUT2D eigenvalue weighted by Gasteiger charge is -2.32. The molecule has 0 spiro atoms. The highest BCUT2D eigenvalue weighted by Gasteiger charge is 2.54. The van der Waals surface area contributed by atoms with E-state index in [1.807, 2.05) is 23.0 Å². The number of halogens is 1. The summed E-state index contributed by atoms with van der Waals surface area (Å²) >= 11 is 6.30. The first-order chi connectivity index (χ1) is 14.8. The highest BCUT2D eigenvalue weighted by Crippen LogP contribution is 2.36. The van der Waals surface area contributed by atoms with E-state index >= 15 is 0 Å². The molecule has 1 aromatic heterocycles. The van der Waals surface area contributed by atoms with Crippen LogP contribution >= 0.6 is 11.6 Å². The van der Waals surface area contributed by atoms with Crippen LogP contribution in [0.25, 0.3) is 5.69 Å². The third kappa shape index (κ3) is 3.06. The predicted octanol–water partition coefficient (Wildman–Crippen LogP) is 3.26. The van der Waals surface area contributed by atoms with Gasteiger partial charge in [0.15, 0.2) is 11.4 Å². The lowest BCUT2D eigenvalue weighted by Crippen LogP contribution is -2.63. The lowest BCUT2D eigenvalue weighted by molar-refractivity contribution is -0.682. The zero-order valence-corrected chi connectivity index (χ0v) is 18.4. The molecule has 0 saturated carbocycles. The molecule has 2 aliphatic rings. The van der Waals surface area contributed by atoms with E-state index in [4.69, 9.17) is 21.3 Å². The van der Waals surface area contributed by atoms with Crippen LogP contribution in [0.5, 0.6) is 5.75 Å². The first kappa shape index (κ1) is 20.9. The van der Waals surface area contributed by atoms with Gasteiger partial charge in [-0.25, -0.2) is 9.36 Å². The van der Waals surface area contributed by atoms with Crippen LogP contribution in [0.15, 0.2) is 48.5 Å². The zero-order valence-electron chi connectivity index (χ0n) is 17.6. The fourth-order valence-corrected chi connectivity index (χ4v) is 4.12. The molecule has 0 aliphatic carbocycles. The minimum atomic E-state index is -0.727. The molecule has 0 bridgehead atoms. The molecule has 0 N–H and O–H groups in total. The number of carbonyl (C=O) groups is 2. The predicted molar refractivity (Wildman–Crippen MR) is 117 cm³/mol. The minimum absolute atomic E-state index is 0.133. The van der Waals surface area contributed by atoms with Crippen LogP contribution in [-0.2, 0) is 4.79 Å². The summed E-state index contributed by atoms with van der Waals surface area (Å²) in [6, 6.07) is 4.17. The van der Waals surface area contributed by atoms with Crippen molar-refractivity contribution in [3.8, 4) is 11.4 Å². The number of likely N-dealkylation sites (N-methyl/N-ethyl adjacent to an activating group) is 1. The molecule has 2 aliphatic heterocycles. The van der Waals surface area contributed by atoms with Crippen molar-refractivity contribution < 1.29 is 18.9 Å². The standard InChI is InChI=1S/C22H23ClN5O3/c1-6-10-26-20(29)18-19(25(5)22(26)30)24-21-27(13(3)14(4)28(18)21)16-12-15(23)8-9-17(16)31-11-7-2/h6-9,12,18H,1-2,10-11H2,3-5H3/q+1. The van der Waals surface area contributed by atoms with Gasteiger partial charge in [-0.2, -0.15) is 4.57 Å². The summed E-state index contributed by atoms with van der Waals surface area (Å²) < 4.78 is 9.59. The largest absolute Gasteiger partial charge is 0.486 e. The van der Waals surface area contributed by atoms with Gasteiger partial charge >= 0.3 is 12.0 Å². The molecule has 31 heavy (non-hydrogen) atoms. The third-order valence-electron chi connectivity index (χ3n) is 5.54. The molecule has 1 unspecified atom stereocenters. The van der Waals surface area contributed by atoms with Gasteiger partial charge in [-0.05, 0) is 26.0 Å². The molecule has 4 rings (SSSR count). The molecular formula is C22H23ClN5O3+. The molecule has 9 heteroatoms. The molecule has 3 amide bonds. The maximum atomic E-state index is 13.3. The molecule has 1 atom stereocenters. The number of aliphatic imine (C=N–C) groups is 1. The van der Waals surface area contributed by atoms with Crippen molar-refractivity contribution in [3.63, 3.8) is 0 Å². The van der Waals surface area contributed by atoms with Crippen molar-refractivity contribution in [2.45, 2.75) is 19.9 Å². The summed E-state index contributed by atoms with van der Waals surface area (Å²) in [5.74, 6) is 1.18. The molecule has 3 heterocycles. The second kappa shape index (κ2) is 7.70. The summed E-state index contributed by atoms with van der Waals surface area (Å²) in [6.45, 7) is 11.7. The lowest BCUT2D eigenvalue weighted by atomic mass is 10.1. The number of amidine groups is 1. The number of carbonyl (C=O) groups excluding carboxylic acids is 2. The first-order valence-electron chi connectivity index (χ1n) is 9.77. The van der Waals surface area contributed by atoms with Gasteiger partial charge in [-0.3, -0.25) is 14.6 Å². The Bertz CT molecular complexity index is 1170. The average molecular weight is 441 g/mol. The maximum absolute atomic E-state index is 13.3. The molecule has 1 fully saturated rings. The quantitative estimate of drug-likeness (QED) is 0.511. The Balaban J connectivity index is 1.93. The fraction of sp³-hybridized carbons (Fsp3) is 0.273. The Hall–Kier alpha value is -3.39. The van der Waals surface area contributed by atoms with E-state index in [1.54, 1.807) is 31.3 Å². The number of aromatic nitrogens is 2. The topological polar surface area (TPSA) is 71.0 Å². The Morgan fingerprint density at radius 1 is 1.26 bits per heavy atom. The van der Waals surface area contributed by atoms with Gasteiger partial charge in [0.1, 0.15) is 18.0 Å². The normalized spacial score (nSPS) is 17.4. The van der Waals surface area contributed by atoms with E-state index in [0.29, 0.717) is 34.9 Å². The van der Waals surface area contributed by atoms with Crippen LogP contribution in [-0.4, -0.2) is 52.3 Å². The number of ether oxygens (including phenoxy) is 1. The summed E-state index contributed by atoms with van der Waals surface area (Å²) in [4.78, 5) is 33.3. The van der Waals surface area contributed by atoms with Gasteiger partial charge in [-0.1, -0.05) is 35.3 Å². The van der Waals surface area contributed by atoms with Crippen molar-refractivity contribution in [3.05, 3.63) is 59.9 Å². The summed E-state index contributed by atoms with van der Waals surface area (Å²) in [5, 5.41) is 0.536. The highest BCUT2D eigenvalue weighted by molar-refractivity contribution is 6.30. The van der Waals surface area contributed by atoms with Crippen LogP contribution in [0.4, 0.5) is 10.7 Å². The van der Waals surface area contributed by atoms with Crippen molar-refractivity contribution >= 4 is 35.3 Å². The molecule has 8 nitrogen and oxygen atoms in total. The average Bonchev–Trinajstić information content (AvgIpc) is 3.24. The minimum Gasteiger partial charge on any atom is -0.486 e. The summed E-state index contributed by atoms with van der Waals surface area (Å²) in [5.41, 5.74) is 2.42. The van der Waals surface area contributed by atoms with Crippen LogP contribution < -0.4 is 9.30 Å². The van der Waals surface area contributed by atoms with Crippen LogP contribution in [0, 0.1) is 13.8 Å². The second-order valence-electron chi connectivity index (χ2n) is 7.34. The maximum Gasteiger partial charge on any atom is 0.407 e. The SMILES string of the molecule is C=CCOc1ccc(Cl)cc1-n1c(C)c(C)[n+]2c1N=C1C2C(=O)N(CC=C)C(=O)N1C. The van der Waals surface area contributed by atoms with Crippen LogP contribution in [0.2, 0.25) is 5.02 Å². The Labute approximate surface area is 185 Å². The molecule has 1 aromatic carbocycles. The van der Waals surface area contributed by atoms with Gasteiger partial charge in [0.25, 0.3) is 5.91 Å². The van der Waals surface area contributed by atoms with E-state index in [9.17, 15) is 9.59 Å². The summed E-state index contributed by atoms with van der Waals surface area (Å²) in [7, 11) is 1.62. The Morgan fingerprint density at radius 2 is 2.00 bits per heavy atom. The van der Waals surface area contributed by atoms with Crippen LogP contribution in [0.1, 0.15) is 17.4 Å². The number of hydrogen-bond donors (Lipinski definition) is 0. The Kier molecular flexibility index (Phi) is 5.18. The second-order valence-corrected chi connectivity index (χ2v) is 7.78. The van der Waals surface area contributed by atoms with E-state index in [2.05, 4.69) is 13.2 Å². The number of imide groups is 1. The van der Waals surface area contributed by atoms with Gasteiger partial charge < -0.3 is 4.74 Å². The third-order valence-corrected chi connectivity index (χ3v) is 5.78. The molecule has 160 valence electrons. The van der Waals surface area contributed by atoms with Crippen molar-refractivity contribution in [1.82, 2.24) is 14.4 Å². The number of hydrogen-bond acceptors (Lipinski definition) is 4. The highest BCUT2D eigenvalue weighted by atomic mass is 35.5. The van der Waals surface area contributed by atoms with Gasteiger partial charge in [-0.15, -0.1) is 6.58 Å². The van der Waals surface area contributed by atoms with Gasteiger partial charge in [0.05, 0.1) is 0 Å².